The summed E-state index contributed by atoms with van der Waals surface area (Å²) in [5, 5.41) is 20.9. The first kappa shape index (κ1) is 25.8. The topological polar surface area (TPSA) is 179 Å². The lowest BCUT2D eigenvalue weighted by Gasteiger charge is -2.24. The van der Waals surface area contributed by atoms with Crippen molar-refractivity contribution in [1.82, 2.24) is 15.3 Å². The Balaban J connectivity index is 1.82. The second kappa shape index (κ2) is 11.1. The molecule has 0 saturated heterocycles. The molecule has 1 amide bonds. The smallest absolute Gasteiger partial charge is 0.326 e. The number of benzene rings is 2. The number of nitrogens with two attached hydrogens (primary N) is 1. The number of aromatic amines is 1. The zero-order chi connectivity index (χ0) is 26.4. The molecule has 3 rings (SSSR count). The molecule has 186 valence electrons. The number of amides is 1. The van der Waals surface area contributed by atoms with Crippen LogP contribution in [0.25, 0.3) is 10.9 Å². The highest BCUT2D eigenvalue weighted by molar-refractivity contribution is 5.98. The van der Waals surface area contributed by atoms with Crippen molar-refractivity contribution < 1.29 is 24.6 Å². The number of aromatic nitrogens is 2. The van der Waals surface area contributed by atoms with E-state index >= 15 is 0 Å². The minimum Gasteiger partial charge on any atom is -0.481 e. The molecule has 0 radical (unpaired) electrons. The van der Waals surface area contributed by atoms with Gasteiger partial charge in [-0.05, 0) is 54.8 Å². The van der Waals surface area contributed by atoms with Gasteiger partial charge >= 0.3 is 11.9 Å². The molecule has 11 nitrogen and oxygen atoms in total. The van der Waals surface area contributed by atoms with E-state index in [2.05, 4.69) is 21.2 Å². The molecule has 1 aromatic heterocycles. The quantitative estimate of drug-likeness (QED) is 0.263. The van der Waals surface area contributed by atoms with E-state index < -0.39 is 23.9 Å². The summed E-state index contributed by atoms with van der Waals surface area (Å²) in [6.45, 7) is 2.31. The van der Waals surface area contributed by atoms with Crippen LogP contribution in [-0.4, -0.2) is 50.6 Å². The summed E-state index contributed by atoms with van der Waals surface area (Å²) < 4.78 is 0. The number of nitrogens with zero attached hydrogens (tertiary/aromatic N) is 2. The Labute approximate surface area is 206 Å². The van der Waals surface area contributed by atoms with Gasteiger partial charge in [-0.1, -0.05) is 12.0 Å². The number of carboxylic acids is 2. The van der Waals surface area contributed by atoms with Gasteiger partial charge in [0.1, 0.15) is 6.04 Å². The molecule has 0 unspecified atom stereocenters. The van der Waals surface area contributed by atoms with Gasteiger partial charge in [0.05, 0.1) is 17.4 Å². The van der Waals surface area contributed by atoms with Crippen molar-refractivity contribution >= 4 is 40.4 Å². The molecule has 0 aliphatic heterocycles. The Hall–Kier alpha value is -4.85. The lowest BCUT2D eigenvalue weighted by atomic mass is 10.0. The normalized spacial score (nSPS) is 11.4. The number of nitrogen functional groups attached to an aromatic ring is 1. The Morgan fingerprint density at radius 1 is 1.22 bits per heavy atom. The van der Waals surface area contributed by atoms with Crippen LogP contribution in [0.5, 0.6) is 0 Å². The van der Waals surface area contributed by atoms with E-state index in [1.165, 1.54) is 0 Å². The van der Waals surface area contributed by atoms with Gasteiger partial charge in [0.2, 0.25) is 5.95 Å². The maximum absolute atomic E-state index is 12.7. The van der Waals surface area contributed by atoms with Gasteiger partial charge in [-0.25, -0.2) is 9.78 Å². The molecule has 0 spiro atoms. The van der Waals surface area contributed by atoms with E-state index in [1.807, 2.05) is 11.0 Å². The Bertz CT molecular complexity index is 1420. The summed E-state index contributed by atoms with van der Waals surface area (Å²) >= 11 is 0. The number of carbonyl (C=O) groups excluding carboxylic acids is 1. The summed E-state index contributed by atoms with van der Waals surface area (Å²) in [6.07, 6.45) is 4.94. The highest BCUT2D eigenvalue weighted by Gasteiger charge is 2.22. The molecule has 6 N–H and O–H groups in total. The molecule has 0 fully saturated rings. The minimum absolute atomic E-state index is 0.0328. The van der Waals surface area contributed by atoms with Crippen LogP contribution in [0.1, 0.15) is 34.3 Å². The van der Waals surface area contributed by atoms with E-state index in [4.69, 9.17) is 17.3 Å². The number of aryl methyl sites for hydroxylation is 1. The number of H-pyrrole nitrogens is 1. The molecule has 1 atom stereocenters. The Morgan fingerprint density at radius 3 is 2.61 bits per heavy atom. The van der Waals surface area contributed by atoms with Crippen molar-refractivity contribution in [3.05, 3.63) is 63.4 Å². The van der Waals surface area contributed by atoms with Gasteiger partial charge in [-0.3, -0.25) is 19.4 Å². The predicted octanol–water partition coefficient (Wildman–Crippen LogP) is 1.50. The zero-order valence-electron chi connectivity index (χ0n) is 19.4. The first-order chi connectivity index (χ1) is 17.1. The van der Waals surface area contributed by atoms with Gasteiger partial charge in [-0.15, -0.1) is 6.42 Å². The third-order valence-corrected chi connectivity index (χ3v) is 5.51. The molecule has 0 aliphatic rings. The van der Waals surface area contributed by atoms with Crippen molar-refractivity contribution in [2.45, 2.75) is 32.4 Å². The number of nitrogens with one attached hydrogen (secondary N) is 2. The minimum atomic E-state index is -1.33. The van der Waals surface area contributed by atoms with Crippen LogP contribution in [0.2, 0.25) is 0 Å². The number of hydrogen-bond donors (Lipinski definition) is 5. The third-order valence-electron chi connectivity index (χ3n) is 5.51. The van der Waals surface area contributed by atoms with Crippen LogP contribution in [0, 0.1) is 19.3 Å². The molecule has 0 aliphatic carbocycles. The van der Waals surface area contributed by atoms with Gasteiger partial charge in [-0.2, -0.15) is 0 Å². The van der Waals surface area contributed by atoms with Crippen LogP contribution >= 0.6 is 0 Å². The SMILES string of the molecule is C#CCN(Cc1ccc2nc(N)[nH]c(=O)c2c1)c1ccc(C(=O)N[C@@H](CCC(=O)O)C(=O)O)c(C)c1. The predicted molar refractivity (Wildman–Crippen MR) is 134 cm³/mol. The van der Waals surface area contributed by atoms with Crippen LogP contribution in [0.3, 0.4) is 0 Å². The highest BCUT2D eigenvalue weighted by atomic mass is 16.4. The number of carboxylic acid groups (broad SMARTS) is 2. The molecular weight excluding hydrogens is 466 g/mol. The molecule has 0 saturated carbocycles. The Morgan fingerprint density at radius 2 is 1.97 bits per heavy atom. The van der Waals surface area contributed by atoms with Crippen molar-refractivity contribution in [1.29, 1.82) is 0 Å². The third kappa shape index (κ3) is 6.18. The van der Waals surface area contributed by atoms with E-state index in [-0.39, 0.29) is 36.5 Å². The standard InChI is InChI=1S/C25H25N5O6/c1-3-10-30(13-15-4-7-19-18(12-15)23(34)29-25(26)28-19)16-5-6-17(14(2)11-16)22(33)27-20(24(35)36)8-9-21(31)32/h1,4-7,11-12,20H,8-10,13H2,2H3,(H,27,33)(H,31,32)(H,35,36)(H3,26,28,29,34)/t20-/m0/s1. The number of anilines is 2. The van der Waals surface area contributed by atoms with Gasteiger partial charge in [0.25, 0.3) is 11.5 Å². The number of fused-ring (bicyclic) bond motifs is 1. The first-order valence-electron chi connectivity index (χ1n) is 10.9. The van der Waals surface area contributed by atoms with E-state index in [1.54, 1.807) is 37.3 Å². The van der Waals surface area contributed by atoms with E-state index in [0.717, 1.165) is 5.56 Å². The van der Waals surface area contributed by atoms with Crippen LogP contribution < -0.4 is 21.5 Å². The Kier molecular flexibility index (Phi) is 7.91. The average molecular weight is 492 g/mol. The van der Waals surface area contributed by atoms with Crippen LogP contribution in [-0.2, 0) is 16.1 Å². The second-order valence-electron chi connectivity index (χ2n) is 8.16. The summed E-state index contributed by atoms with van der Waals surface area (Å²) in [5.74, 6) is -0.459. The number of terminal acetylenes is 1. The van der Waals surface area contributed by atoms with E-state index in [0.29, 0.717) is 28.7 Å². The fourth-order valence-electron chi connectivity index (χ4n) is 3.73. The molecule has 0 bridgehead atoms. The molecule has 3 aromatic rings. The molecule has 11 heteroatoms. The molecule has 2 aromatic carbocycles. The van der Waals surface area contributed by atoms with Gasteiger partial charge < -0.3 is 26.2 Å². The van der Waals surface area contributed by atoms with Crippen molar-refractivity contribution in [2.24, 2.45) is 0 Å². The van der Waals surface area contributed by atoms with Crippen LogP contribution in [0.4, 0.5) is 11.6 Å². The monoisotopic (exact) mass is 491 g/mol. The summed E-state index contributed by atoms with van der Waals surface area (Å²) in [6, 6.07) is 8.88. The zero-order valence-corrected chi connectivity index (χ0v) is 19.4. The average Bonchev–Trinajstić information content (AvgIpc) is 2.81. The number of rotatable bonds is 10. The maximum atomic E-state index is 12.7. The lowest BCUT2D eigenvalue weighted by molar-refractivity contribution is -0.140. The molecule has 1 heterocycles. The number of aliphatic carboxylic acids is 2. The fourth-order valence-corrected chi connectivity index (χ4v) is 3.73. The van der Waals surface area contributed by atoms with Crippen molar-refractivity contribution in [2.75, 3.05) is 17.2 Å². The molecule has 36 heavy (non-hydrogen) atoms. The second-order valence-corrected chi connectivity index (χ2v) is 8.16. The van der Waals surface area contributed by atoms with Crippen molar-refractivity contribution in [3.63, 3.8) is 0 Å². The number of hydrogen-bond acceptors (Lipinski definition) is 7. The highest BCUT2D eigenvalue weighted by Crippen LogP contribution is 2.22. The summed E-state index contributed by atoms with van der Waals surface area (Å²) in [7, 11) is 0. The van der Waals surface area contributed by atoms with Gasteiger partial charge in [0, 0.05) is 24.2 Å². The van der Waals surface area contributed by atoms with Gasteiger partial charge in [0.15, 0.2) is 0 Å². The maximum Gasteiger partial charge on any atom is 0.326 e. The van der Waals surface area contributed by atoms with E-state index in [9.17, 15) is 24.3 Å². The lowest BCUT2D eigenvalue weighted by Crippen LogP contribution is -2.41. The molecular formula is C25H25N5O6. The fraction of sp³-hybridized carbons (Fsp3) is 0.240. The van der Waals surface area contributed by atoms with Crippen LogP contribution in [0.15, 0.2) is 41.2 Å². The largest absolute Gasteiger partial charge is 0.481 e. The van der Waals surface area contributed by atoms with Crippen molar-refractivity contribution in [3.8, 4) is 12.3 Å². The number of carbonyl (C=O) groups is 3. The summed E-state index contributed by atoms with van der Waals surface area (Å²) in [5.41, 5.74) is 8.06. The first-order valence-corrected chi connectivity index (χ1v) is 10.9. The summed E-state index contributed by atoms with van der Waals surface area (Å²) in [4.78, 5) is 55.6.